The third-order valence-corrected chi connectivity index (χ3v) is 8.38. The van der Waals surface area contributed by atoms with Gasteiger partial charge < -0.3 is 0 Å². The summed E-state index contributed by atoms with van der Waals surface area (Å²) < 4.78 is 19.9. The molecule has 2 unspecified atom stereocenters. The zero-order chi connectivity index (χ0) is 14.9. The van der Waals surface area contributed by atoms with Crippen LogP contribution < -0.4 is 27.1 Å². The molecular formula is C11H25IN5O2-. The van der Waals surface area contributed by atoms with Crippen molar-refractivity contribution in [3.63, 3.8) is 0 Å². The first-order valence-electron chi connectivity index (χ1n) is 6.11. The van der Waals surface area contributed by atoms with Gasteiger partial charge in [0.1, 0.15) is 0 Å². The number of aliphatic imine (C=N–C) groups is 1. The summed E-state index contributed by atoms with van der Waals surface area (Å²) in [7, 11) is 0. The van der Waals surface area contributed by atoms with Crippen LogP contribution in [0.3, 0.4) is 0 Å². The maximum atomic E-state index is 6.24. The molecule has 0 aliphatic carbocycles. The normalized spacial score (nSPS) is 27.5. The molecule has 0 aromatic heterocycles. The Hall–Kier alpha value is -0.290. The van der Waals surface area contributed by atoms with E-state index in [1.54, 1.807) is 0 Å². The van der Waals surface area contributed by atoms with Crippen molar-refractivity contribution in [2.75, 3.05) is 0 Å². The molecule has 0 saturated carbocycles. The predicted molar refractivity (Wildman–Crippen MR) is 72.7 cm³/mol. The average Bonchev–Trinajstić information content (AvgIpc) is 2.88. The van der Waals surface area contributed by atoms with Crippen molar-refractivity contribution >= 4 is 13.4 Å². The number of halogens is 1. The van der Waals surface area contributed by atoms with E-state index in [9.17, 15) is 0 Å². The number of rotatable bonds is 8. The second-order valence-corrected chi connectivity index (χ2v) is 10.8. The van der Waals surface area contributed by atoms with Gasteiger partial charge in [-0.25, -0.2) is 0 Å². The van der Waals surface area contributed by atoms with Crippen molar-refractivity contribution in [3.8, 4) is 0 Å². The molecule has 1 fully saturated rings. The van der Waals surface area contributed by atoms with Crippen LogP contribution >= 0.6 is 0 Å². The topological polar surface area (TPSA) is 98.2 Å². The zero-order valence-electron chi connectivity index (χ0n) is 12.1. The second-order valence-electron chi connectivity index (χ2n) is 4.87. The van der Waals surface area contributed by atoms with E-state index in [0.29, 0.717) is 12.8 Å². The molecule has 0 amide bonds. The summed E-state index contributed by atoms with van der Waals surface area (Å²) >= 11 is -3.11. The van der Waals surface area contributed by atoms with Crippen LogP contribution in [0.15, 0.2) is 10.1 Å². The standard InChI is InChI=1S/C11H25IN5O2/c1-7-11(8-2,19-16-6)17-9(12(17,13)14)18-10(3,4)15-5/h9H,5-8,13-14H2,1-4H3/q-1. The van der Waals surface area contributed by atoms with Crippen molar-refractivity contribution in [1.29, 1.82) is 0 Å². The van der Waals surface area contributed by atoms with Crippen molar-refractivity contribution in [3.05, 3.63) is 0 Å². The molecule has 1 saturated heterocycles. The van der Waals surface area contributed by atoms with Crippen LogP contribution in [0.5, 0.6) is 0 Å². The van der Waals surface area contributed by atoms with Gasteiger partial charge in [-0.1, -0.05) is 0 Å². The van der Waals surface area contributed by atoms with Crippen LogP contribution in [0.2, 0.25) is 0 Å². The molecule has 1 rings (SSSR count). The van der Waals surface area contributed by atoms with Crippen LogP contribution in [0.25, 0.3) is 0 Å². The first-order valence-corrected chi connectivity index (χ1v) is 10.8. The Morgan fingerprint density at radius 1 is 1.26 bits per heavy atom. The Morgan fingerprint density at radius 3 is 2.16 bits per heavy atom. The number of nitrogens with zero attached hydrogens (tertiary/aromatic N) is 3. The van der Waals surface area contributed by atoms with Gasteiger partial charge in [0.05, 0.1) is 0 Å². The van der Waals surface area contributed by atoms with Gasteiger partial charge in [0, 0.05) is 0 Å². The molecule has 19 heavy (non-hydrogen) atoms. The second kappa shape index (κ2) is 5.60. The molecule has 0 aromatic rings. The van der Waals surface area contributed by atoms with Crippen LogP contribution in [0.4, 0.5) is 0 Å². The summed E-state index contributed by atoms with van der Waals surface area (Å²) in [5.41, 5.74) is -1.36. The fraction of sp³-hybridized carbons (Fsp3) is 0.818. The third kappa shape index (κ3) is 3.07. The van der Waals surface area contributed by atoms with Gasteiger partial charge in [-0.15, -0.1) is 0 Å². The number of ether oxygens (including phenoxy) is 1. The molecule has 4 N–H and O–H groups in total. The number of hydrogen-bond acceptors (Lipinski definition) is 7. The van der Waals surface area contributed by atoms with E-state index >= 15 is 0 Å². The van der Waals surface area contributed by atoms with Gasteiger partial charge in [0.15, 0.2) is 0 Å². The molecule has 1 aliphatic rings. The number of hydrogen-bond donors (Lipinski definition) is 2. The summed E-state index contributed by atoms with van der Waals surface area (Å²) in [4.78, 5) is 9.39. The summed E-state index contributed by atoms with van der Waals surface area (Å²) in [6.07, 6.45) is 1.40. The molecule has 0 bridgehead atoms. The maximum absolute atomic E-state index is 6.24. The van der Waals surface area contributed by atoms with Crippen molar-refractivity contribution < 1.29 is 28.8 Å². The fourth-order valence-corrected chi connectivity index (χ4v) is 8.67. The van der Waals surface area contributed by atoms with E-state index in [2.05, 4.69) is 23.6 Å². The molecule has 1 aliphatic heterocycles. The number of alkyl halides is 1. The SMILES string of the molecule is C=NOC(CC)(CC)N1C(OC(C)(C)N=C)[I-]1(N)N. The first kappa shape index (κ1) is 16.8. The summed E-state index contributed by atoms with van der Waals surface area (Å²) in [6, 6.07) is 0. The van der Waals surface area contributed by atoms with Gasteiger partial charge in [-0.2, -0.15) is 0 Å². The summed E-state index contributed by atoms with van der Waals surface area (Å²) in [5.74, 6) is 0. The first-order chi connectivity index (χ1) is 8.70. The monoisotopic (exact) mass is 386 g/mol. The van der Waals surface area contributed by atoms with E-state index in [0.717, 1.165) is 0 Å². The molecule has 7 nitrogen and oxygen atoms in total. The van der Waals surface area contributed by atoms with E-state index in [1.165, 1.54) is 0 Å². The van der Waals surface area contributed by atoms with Gasteiger partial charge in [0.2, 0.25) is 0 Å². The van der Waals surface area contributed by atoms with Crippen LogP contribution in [0.1, 0.15) is 40.5 Å². The molecule has 114 valence electrons. The van der Waals surface area contributed by atoms with Crippen molar-refractivity contribution in [2.45, 2.75) is 56.2 Å². The van der Waals surface area contributed by atoms with Gasteiger partial charge in [-0.3, -0.25) is 0 Å². The van der Waals surface area contributed by atoms with Gasteiger partial charge in [-0.05, 0) is 0 Å². The quantitative estimate of drug-likeness (QED) is 0.0958. The Morgan fingerprint density at radius 2 is 1.79 bits per heavy atom. The van der Waals surface area contributed by atoms with Crippen molar-refractivity contribution in [1.82, 2.24) is 3.11 Å². The number of oxime groups is 1. The fourth-order valence-electron chi connectivity index (χ4n) is 1.89. The Kier molecular flexibility index (Phi) is 4.94. The summed E-state index contributed by atoms with van der Waals surface area (Å²) in [6.45, 7) is 14.5. The molecule has 0 radical (unpaired) electrons. The molecule has 2 atom stereocenters. The zero-order valence-corrected chi connectivity index (χ0v) is 14.3. The van der Waals surface area contributed by atoms with Crippen molar-refractivity contribution in [2.24, 2.45) is 18.0 Å². The Bertz CT molecular complexity index is 357. The predicted octanol–water partition coefficient (Wildman–Crippen LogP) is -1.99. The van der Waals surface area contributed by atoms with Gasteiger partial charge in [0.25, 0.3) is 0 Å². The van der Waals surface area contributed by atoms with E-state index in [4.69, 9.17) is 17.5 Å². The van der Waals surface area contributed by atoms with E-state index in [-0.39, 0.29) is 4.23 Å². The average molecular weight is 386 g/mol. The molecule has 0 spiro atoms. The van der Waals surface area contributed by atoms with Gasteiger partial charge >= 0.3 is 120 Å². The Balaban J connectivity index is 2.94. The Labute approximate surface area is 119 Å². The number of nitrogens with two attached hydrogens (primary N) is 2. The minimum atomic E-state index is -3.11. The summed E-state index contributed by atoms with van der Waals surface area (Å²) in [5, 5.41) is 3.56. The van der Waals surface area contributed by atoms with Crippen LogP contribution in [-0.2, 0) is 9.57 Å². The van der Waals surface area contributed by atoms with Crippen LogP contribution in [-0.4, -0.2) is 32.2 Å². The van der Waals surface area contributed by atoms with E-state index < -0.39 is 30.7 Å². The molecule has 8 heteroatoms. The van der Waals surface area contributed by atoms with Crippen LogP contribution in [0, 0.1) is 0 Å². The molecule has 1 heterocycles. The minimum absolute atomic E-state index is 0.325. The molecule has 0 aromatic carbocycles. The van der Waals surface area contributed by atoms with E-state index in [1.807, 2.05) is 30.8 Å². The molecular weight excluding hydrogens is 361 g/mol. The third-order valence-electron chi connectivity index (χ3n) is 3.25.